The number of nitrogens with zero attached hydrogens (tertiary/aromatic N) is 2. The van der Waals surface area contributed by atoms with E-state index in [0.29, 0.717) is 6.54 Å². The molecule has 4 heteroatoms. The largest absolute Gasteiger partial charge is 0.308 e. The highest BCUT2D eigenvalue weighted by Gasteiger charge is 2.15. The highest BCUT2D eigenvalue weighted by atomic mass is 35.5. The molecule has 0 amide bonds. The minimum atomic E-state index is 0.101. The molecule has 0 radical (unpaired) electrons. The molecule has 1 heterocycles. The molecule has 0 unspecified atom stereocenters. The maximum absolute atomic E-state index is 6.24. The van der Waals surface area contributed by atoms with Gasteiger partial charge in [0.15, 0.2) is 0 Å². The van der Waals surface area contributed by atoms with Crippen LogP contribution in [0.3, 0.4) is 0 Å². The lowest BCUT2D eigenvalue weighted by molar-refractivity contribution is 0.423. The lowest BCUT2D eigenvalue weighted by atomic mass is 10.1. The Labute approximate surface area is 132 Å². The summed E-state index contributed by atoms with van der Waals surface area (Å²) in [7, 11) is 0. The van der Waals surface area contributed by atoms with Crippen molar-refractivity contribution in [3.05, 3.63) is 51.8 Å². The highest BCUT2D eigenvalue weighted by molar-refractivity contribution is 6.31. The second-order valence-electron chi connectivity index (χ2n) is 6.50. The summed E-state index contributed by atoms with van der Waals surface area (Å²) < 4.78 is 2.04. The van der Waals surface area contributed by atoms with Crippen LogP contribution in [0.4, 0.5) is 0 Å². The van der Waals surface area contributed by atoms with E-state index in [9.17, 15) is 0 Å². The fourth-order valence-corrected chi connectivity index (χ4v) is 2.48. The summed E-state index contributed by atoms with van der Waals surface area (Å²) in [6.07, 6.45) is 0. The van der Waals surface area contributed by atoms with Gasteiger partial charge in [0.25, 0.3) is 0 Å². The van der Waals surface area contributed by atoms with Gasteiger partial charge in [-0.25, -0.2) is 0 Å². The second-order valence-corrected chi connectivity index (χ2v) is 6.91. The van der Waals surface area contributed by atoms with Gasteiger partial charge in [0.05, 0.1) is 12.2 Å². The molecule has 0 aliphatic heterocycles. The highest BCUT2D eigenvalue weighted by Crippen LogP contribution is 2.19. The van der Waals surface area contributed by atoms with Crippen LogP contribution in [-0.2, 0) is 13.1 Å². The molecule has 0 aliphatic carbocycles. The number of nitrogens with one attached hydrogen (secondary N) is 1. The van der Waals surface area contributed by atoms with Gasteiger partial charge in [-0.15, -0.1) is 0 Å². The van der Waals surface area contributed by atoms with Gasteiger partial charge in [-0.3, -0.25) is 4.68 Å². The Morgan fingerprint density at radius 2 is 1.86 bits per heavy atom. The number of aromatic nitrogens is 2. The zero-order valence-electron chi connectivity index (χ0n) is 13.5. The summed E-state index contributed by atoms with van der Waals surface area (Å²) in [6, 6.07) is 7.93. The zero-order chi connectivity index (χ0) is 15.6. The lowest BCUT2D eigenvalue weighted by Gasteiger charge is -2.20. The van der Waals surface area contributed by atoms with Gasteiger partial charge in [-0.1, -0.05) is 29.8 Å². The molecule has 1 aromatic heterocycles. The molecular formula is C17H24ClN3. The van der Waals surface area contributed by atoms with Crippen LogP contribution in [0.5, 0.6) is 0 Å². The van der Waals surface area contributed by atoms with Crippen LogP contribution in [-0.4, -0.2) is 15.3 Å². The van der Waals surface area contributed by atoms with Crippen molar-refractivity contribution in [3.8, 4) is 0 Å². The molecule has 0 spiro atoms. The predicted octanol–water partition coefficient (Wildman–Crippen LogP) is 4.09. The molecule has 0 saturated carbocycles. The molecule has 3 nitrogen and oxygen atoms in total. The first-order valence-corrected chi connectivity index (χ1v) is 7.67. The van der Waals surface area contributed by atoms with Crippen molar-refractivity contribution in [3.63, 3.8) is 0 Å². The third kappa shape index (κ3) is 4.08. The summed E-state index contributed by atoms with van der Waals surface area (Å²) >= 11 is 6.24. The molecule has 2 aromatic rings. The molecular weight excluding hydrogens is 282 g/mol. The summed E-state index contributed by atoms with van der Waals surface area (Å²) in [5, 5.41) is 8.99. The van der Waals surface area contributed by atoms with E-state index in [0.717, 1.165) is 22.8 Å². The number of hydrogen-bond acceptors (Lipinski definition) is 2. The van der Waals surface area contributed by atoms with Crippen molar-refractivity contribution in [2.75, 3.05) is 0 Å². The average Bonchev–Trinajstić information content (AvgIpc) is 2.64. The van der Waals surface area contributed by atoms with Gasteiger partial charge >= 0.3 is 0 Å². The molecule has 0 atom stereocenters. The van der Waals surface area contributed by atoms with E-state index in [1.807, 2.05) is 28.9 Å². The molecule has 0 fully saturated rings. The first-order chi connectivity index (χ1) is 9.78. The van der Waals surface area contributed by atoms with Crippen molar-refractivity contribution < 1.29 is 0 Å². The predicted molar refractivity (Wildman–Crippen MR) is 88.8 cm³/mol. The van der Waals surface area contributed by atoms with E-state index in [1.54, 1.807) is 0 Å². The van der Waals surface area contributed by atoms with Gasteiger partial charge in [0.1, 0.15) is 0 Å². The summed E-state index contributed by atoms with van der Waals surface area (Å²) in [5.74, 6) is 0. The summed E-state index contributed by atoms with van der Waals surface area (Å²) in [4.78, 5) is 0. The minimum Gasteiger partial charge on any atom is -0.308 e. The van der Waals surface area contributed by atoms with Crippen molar-refractivity contribution in [2.45, 2.75) is 53.2 Å². The van der Waals surface area contributed by atoms with Crippen LogP contribution in [0.15, 0.2) is 24.3 Å². The van der Waals surface area contributed by atoms with Crippen LogP contribution in [0.2, 0.25) is 5.02 Å². The zero-order valence-corrected chi connectivity index (χ0v) is 14.3. The van der Waals surface area contributed by atoms with Gasteiger partial charge in [0.2, 0.25) is 0 Å². The standard InChI is InChI=1S/C17H24ClN3/c1-12-15(10-19-17(3,4)5)13(2)21(20-12)11-14-8-6-7-9-16(14)18/h6-9,19H,10-11H2,1-5H3. The van der Waals surface area contributed by atoms with Crippen molar-refractivity contribution >= 4 is 11.6 Å². The fraction of sp³-hybridized carbons (Fsp3) is 0.471. The van der Waals surface area contributed by atoms with E-state index < -0.39 is 0 Å². The number of aryl methyl sites for hydroxylation is 1. The maximum Gasteiger partial charge on any atom is 0.0677 e. The fourth-order valence-electron chi connectivity index (χ4n) is 2.29. The molecule has 1 aromatic carbocycles. The Morgan fingerprint density at radius 3 is 2.48 bits per heavy atom. The van der Waals surface area contributed by atoms with Crippen molar-refractivity contribution in [1.29, 1.82) is 0 Å². The average molecular weight is 306 g/mol. The van der Waals surface area contributed by atoms with Crippen molar-refractivity contribution in [1.82, 2.24) is 15.1 Å². The van der Waals surface area contributed by atoms with Crippen LogP contribution < -0.4 is 5.32 Å². The SMILES string of the molecule is Cc1nn(Cc2ccccc2Cl)c(C)c1CNC(C)(C)C. The maximum atomic E-state index is 6.24. The first kappa shape index (κ1) is 16.1. The Bertz CT molecular complexity index is 623. The summed E-state index contributed by atoms with van der Waals surface area (Å²) in [6.45, 7) is 12.3. The van der Waals surface area contributed by atoms with E-state index in [4.69, 9.17) is 11.6 Å². The van der Waals surface area contributed by atoms with Crippen LogP contribution in [0, 0.1) is 13.8 Å². The van der Waals surface area contributed by atoms with Gasteiger partial charge in [-0.05, 0) is 46.2 Å². The number of hydrogen-bond donors (Lipinski definition) is 1. The molecule has 2 rings (SSSR count). The minimum absolute atomic E-state index is 0.101. The summed E-state index contributed by atoms with van der Waals surface area (Å²) in [5.41, 5.74) is 4.75. The van der Waals surface area contributed by atoms with Crippen LogP contribution in [0.1, 0.15) is 43.3 Å². The van der Waals surface area contributed by atoms with E-state index >= 15 is 0 Å². The molecule has 114 valence electrons. The second kappa shape index (κ2) is 6.20. The lowest BCUT2D eigenvalue weighted by Crippen LogP contribution is -2.35. The Balaban J connectivity index is 2.21. The number of halogens is 1. The van der Waals surface area contributed by atoms with E-state index in [-0.39, 0.29) is 5.54 Å². The number of rotatable bonds is 4. The Kier molecular flexibility index (Phi) is 4.74. The van der Waals surface area contributed by atoms with Gasteiger partial charge in [-0.2, -0.15) is 5.10 Å². The quantitative estimate of drug-likeness (QED) is 0.922. The topological polar surface area (TPSA) is 29.9 Å². The third-order valence-electron chi connectivity index (χ3n) is 3.60. The van der Waals surface area contributed by atoms with Gasteiger partial charge in [0, 0.05) is 28.4 Å². The Hall–Kier alpha value is -1.32. The van der Waals surface area contributed by atoms with Gasteiger partial charge < -0.3 is 5.32 Å². The number of benzene rings is 1. The third-order valence-corrected chi connectivity index (χ3v) is 3.97. The molecule has 21 heavy (non-hydrogen) atoms. The molecule has 0 bridgehead atoms. The van der Waals surface area contributed by atoms with Crippen LogP contribution >= 0.6 is 11.6 Å². The van der Waals surface area contributed by atoms with Crippen molar-refractivity contribution in [2.24, 2.45) is 0 Å². The van der Waals surface area contributed by atoms with E-state index in [1.165, 1.54) is 11.3 Å². The van der Waals surface area contributed by atoms with E-state index in [2.05, 4.69) is 45.0 Å². The molecule has 0 aliphatic rings. The first-order valence-electron chi connectivity index (χ1n) is 7.29. The molecule has 0 saturated heterocycles. The normalized spacial score (nSPS) is 11.9. The monoisotopic (exact) mass is 305 g/mol. The van der Waals surface area contributed by atoms with Crippen LogP contribution in [0.25, 0.3) is 0 Å². The Morgan fingerprint density at radius 1 is 1.19 bits per heavy atom. The molecule has 1 N–H and O–H groups in total. The smallest absolute Gasteiger partial charge is 0.0677 e.